The van der Waals surface area contributed by atoms with Crippen molar-refractivity contribution in [1.29, 1.82) is 0 Å². The lowest BCUT2D eigenvalue weighted by molar-refractivity contribution is 0.0882. The number of amides is 1. The average Bonchev–Trinajstić information content (AvgIpc) is 2.47. The number of nitrogens with one attached hydrogen (secondary N) is 2. The Morgan fingerprint density at radius 1 is 1.20 bits per heavy atom. The third-order valence-electron chi connectivity index (χ3n) is 4.73. The molecule has 3 heteroatoms. The van der Waals surface area contributed by atoms with Crippen molar-refractivity contribution in [2.45, 2.75) is 57.5 Å². The monoisotopic (exact) mass is 272 g/mol. The summed E-state index contributed by atoms with van der Waals surface area (Å²) in [4.78, 5) is 12.5. The summed E-state index contributed by atoms with van der Waals surface area (Å²) < 4.78 is 0. The van der Waals surface area contributed by atoms with E-state index in [1.807, 2.05) is 6.07 Å². The van der Waals surface area contributed by atoms with E-state index < -0.39 is 0 Å². The number of rotatable bonds is 2. The van der Waals surface area contributed by atoms with Gasteiger partial charge in [-0.3, -0.25) is 4.79 Å². The van der Waals surface area contributed by atoms with E-state index in [1.165, 1.54) is 30.4 Å². The molecule has 0 spiro atoms. The maximum absolute atomic E-state index is 12.5. The SMILES string of the molecule is CC1(NC(=O)c2ccc3c(c2)CNCC3)CCCCC1. The Labute approximate surface area is 121 Å². The van der Waals surface area contributed by atoms with Gasteiger partial charge in [0.15, 0.2) is 0 Å². The lowest BCUT2D eigenvalue weighted by Gasteiger charge is -2.34. The second-order valence-corrected chi connectivity index (χ2v) is 6.49. The fourth-order valence-electron chi connectivity index (χ4n) is 3.43. The van der Waals surface area contributed by atoms with Gasteiger partial charge >= 0.3 is 0 Å². The topological polar surface area (TPSA) is 41.1 Å². The molecule has 108 valence electrons. The Morgan fingerprint density at radius 2 is 2.00 bits per heavy atom. The van der Waals surface area contributed by atoms with Crippen molar-refractivity contribution in [2.24, 2.45) is 0 Å². The standard InChI is InChI=1S/C17H24N2O/c1-17(8-3-2-4-9-17)19-16(20)14-6-5-13-7-10-18-12-15(13)11-14/h5-6,11,18H,2-4,7-10,12H2,1H3,(H,19,20). The summed E-state index contributed by atoms with van der Waals surface area (Å²) in [6.07, 6.45) is 7.02. The molecule has 1 aliphatic heterocycles. The van der Waals surface area contributed by atoms with Gasteiger partial charge in [-0.2, -0.15) is 0 Å². The number of hydrogen-bond donors (Lipinski definition) is 2. The van der Waals surface area contributed by atoms with Crippen LogP contribution in [0.3, 0.4) is 0 Å². The normalized spacial score (nSPS) is 21.1. The first-order valence-electron chi connectivity index (χ1n) is 7.81. The number of carbonyl (C=O) groups is 1. The predicted octanol–water partition coefficient (Wildman–Crippen LogP) is 2.78. The van der Waals surface area contributed by atoms with Crippen molar-refractivity contribution >= 4 is 5.91 Å². The third-order valence-corrected chi connectivity index (χ3v) is 4.73. The fraction of sp³-hybridized carbons (Fsp3) is 0.588. The highest BCUT2D eigenvalue weighted by molar-refractivity contribution is 5.95. The smallest absolute Gasteiger partial charge is 0.251 e. The van der Waals surface area contributed by atoms with Crippen LogP contribution in [-0.2, 0) is 13.0 Å². The first-order chi connectivity index (χ1) is 9.66. The molecule has 2 N–H and O–H groups in total. The van der Waals surface area contributed by atoms with Crippen molar-refractivity contribution in [3.8, 4) is 0 Å². The molecule has 1 saturated carbocycles. The predicted molar refractivity (Wildman–Crippen MR) is 80.8 cm³/mol. The van der Waals surface area contributed by atoms with E-state index in [4.69, 9.17) is 0 Å². The van der Waals surface area contributed by atoms with E-state index in [0.717, 1.165) is 37.9 Å². The second-order valence-electron chi connectivity index (χ2n) is 6.49. The molecule has 1 aliphatic carbocycles. The van der Waals surface area contributed by atoms with Gasteiger partial charge in [0.25, 0.3) is 5.91 Å². The van der Waals surface area contributed by atoms with Crippen LogP contribution < -0.4 is 10.6 Å². The second kappa shape index (κ2) is 5.57. The number of hydrogen-bond acceptors (Lipinski definition) is 2. The van der Waals surface area contributed by atoms with E-state index >= 15 is 0 Å². The Hall–Kier alpha value is -1.35. The van der Waals surface area contributed by atoms with Gasteiger partial charge in [0.05, 0.1) is 0 Å². The molecule has 1 heterocycles. The lowest BCUT2D eigenvalue weighted by atomic mass is 9.83. The van der Waals surface area contributed by atoms with Crippen molar-refractivity contribution in [3.63, 3.8) is 0 Å². The summed E-state index contributed by atoms with van der Waals surface area (Å²) in [5.74, 6) is 0.0859. The molecular weight excluding hydrogens is 248 g/mol. The number of carbonyl (C=O) groups excluding carboxylic acids is 1. The van der Waals surface area contributed by atoms with E-state index in [1.54, 1.807) is 0 Å². The molecule has 0 atom stereocenters. The lowest BCUT2D eigenvalue weighted by Crippen LogP contribution is -2.47. The van der Waals surface area contributed by atoms with E-state index in [2.05, 4.69) is 29.7 Å². The summed E-state index contributed by atoms with van der Waals surface area (Å²) in [5, 5.41) is 6.62. The summed E-state index contributed by atoms with van der Waals surface area (Å²) in [5.41, 5.74) is 3.45. The van der Waals surface area contributed by atoms with Crippen LogP contribution in [0.5, 0.6) is 0 Å². The van der Waals surface area contributed by atoms with Crippen LogP contribution in [0.15, 0.2) is 18.2 Å². The van der Waals surface area contributed by atoms with Gasteiger partial charge in [0.2, 0.25) is 0 Å². The van der Waals surface area contributed by atoms with Gasteiger partial charge in [-0.05, 0) is 56.0 Å². The van der Waals surface area contributed by atoms with Gasteiger partial charge < -0.3 is 10.6 Å². The summed E-state index contributed by atoms with van der Waals surface area (Å²) in [6, 6.07) is 6.16. The molecule has 3 nitrogen and oxygen atoms in total. The van der Waals surface area contributed by atoms with Crippen LogP contribution in [0.2, 0.25) is 0 Å². The van der Waals surface area contributed by atoms with Crippen molar-refractivity contribution < 1.29 is 4.79 Å². The van der Waals surface area contributed by atoms with E-state index in [9.17, 15) is 4.79 Å². The number of fused-ring (bicyclic) bond motifs is 1. The van der Waals surface area contributed by atoms with Crippen molar-refractivity contribution in [3.05, 3.63) is 34.9 Å². The van der Waals surface area contributed by atoms with Crippen molar-refractivity contribution in [2.75, 3.05) is 6.54 Å². The third kappa shape index (κ3) is 2.88. The fourth-order valence-corrected chi connectivity index (χ4v) is 3.43. The Morgan fingerprint density at radius 3 is 2.80 bits per heavy atom. The van der Waals surface area contributed by atoms with Gasteiger partial charge in [-0.15, -0.1) is 0 Å². The van der Waals surface area contributed by atoms with Gasteiger partial charge in [-0.25, -0.2) is 0 Å². The maximum atomic E-state index is 12.5. The first-order valence-corrected chi connectivity index (χ1v) is 7.81. The van der Waals surface area contributed by atoms with Crippen LogP contribution in [0.1, 0.15) is 60.5 Å². The Kier molecular flexibility index (Phi) is 3.79. The first kappa shape index (κ1) is 13.6. The molecule has 1 aromatic carbocycles. The van der Waals surface area contributed by atoms with Crippen LogP contribution in [0.4, 0.5) is 0 Å². The molecule has 1 fully saturated rings. The molecule has 2 aliphatic rings. The van der Waals surface area contributed by atoms with Crippen LogP contribution in [-0.4, -0.2) is 18.0 Å². The van der Waals surface area contributed by atoms with Gasteiger partial charge in [-0.1, -0.05) is 25.3 Å². The zero-order chi connectivity index (χ0) is 14.0. The zero-order valence-corrected chi connectivity index (χ0v) is 12.3. The molecule has 20 heavy (non-hydrogen) atoms. The quantitative estimate of drug-likeness (QED) is 0.869. The molecular formula is C17H24N2O. The molecule has 0 radical (unpaired) electrons. The van der Waals surface area contributed by atoms with Gasteiger partial charge in [0, 0.05) is 17.6 Å². The molecule has 0 aromatic heterocycles. The minimum absolute atomic E-state index is 0.0104. The highest BCUT2D eigenvalue weighted by Crippen LogP contribution is 2.28. The highest BCUT2D eigenvalue weighted by Gasteiger charge is 2.28. The van der Waals surface area contributed by atoms with E-state index in [0.29, 0.717) is 0 Å². The molecule has 3 rings (SSSR count). The Bertz CT molecular complexity index is 504. The minimum atomic E-state index is -0.0104. The van der Waals surface area contributed by atoms with Crippen LogP contribution >= 0.6 is 0 Å². The molecule has 0 bridgehead atoms. The Balaban J connectivity index is 1.73. The summed E-state index contributed by atoms with van der Waals surface area (Å²) in [7, 11) is 0. The largest absolute Gasteiger partial charge is 0.347 e. The minimum Gasteiger partial charge on any atom is -0.347 e. The number of benzene rings is 1. The molecule has 0 saturated heterocycles. The molecule has 1 aromatic rings. The summed E-state index contributed by atoms with van der Waals surface area (Å²) >= 11 is 0. The average molecular weight is 272 g/mol. The van der Waals surface area contributed by atoms with Gasteiger partial charge in [0.1, 0.15) is 0 Å². The van der Waals surface area contributed by atoms with E-state index in [-0.39, 0.29) is 11.4 Å². The van der Waals surface area contributed by atoms with Crippen LogP contribution in [0, 0.1) is 0 Å². The zero-order valence-electron chi connectivity index (χ0n) is 12.3. The van der Waals surface area contributed by atoms with Crippen LogP contribution in [0.25, 0.3) is 0 Å². The summed E-state index contributed by atoms with van der Waals surface area (Å²) in [6.45, 7) is 4.11. The molecule has 0 unspecified atom stereocenters. The molecule has 1 amide bonds. The highest BCUT2D eigenvalue weighted by atomic mass is 16.1. The maximum Gasteiger partial charge on any atom is 0.251 e. The van der Waals surface area contributed by atoms with Crippen molar-refractivity contribution in [1.82, 2.24) is 10.6 Å².